The molecule has 0 aliphatic carbocycles. The predicted octanol–water partition coefficient (Wildman–Crippen LogP) is 3.93. The highest BCUT2D eigenvalue weighted by Crippen LogP contribution is 2.34. The van der Waals surface area contributed by atoms with Gasteiger partial charge in [-0.1, -0.05) is 22.0 Å². The van der Waals surface area contributed by atoms with E-state index >= 15 is 0 Å². The lowest BCUT2D eigenvalue weighted by Gasteiger charge is -2.16. The van der Waals surface area contributed by atoms with Crippen LogP contribution < -0.4 is 14.8 Å². The maximum Gasteiger partial charge on any atom is 0.162 e. The Hall–Kier alpha value is -1.59. The first-order valence-corrected chi connectivity index (χ1v) is 8.03. The summed E-state index contributed by atoms with van der Waals surface area (Å²) < 4.78 is 12.2. The number of hydrogen-bond donors (Lipinski definition) is 1. The highest BCUT2D eigenvalue weighted by molar-refractivity contribution is 9.10. The van der Waals surface area contributed by atoms with E-state index < -0.39 is 0 Å². The topological polar surface area (TPSA) is 43.4 Å². The summed E-state index contributed by atoms with van der Waals surface area (Å²) in [5.41, 5.74) is 2.13. The number of pyridine rings is 1. The SMILES string of the molecule is COc1cc(CNCc2ccccn2)c(Br)cc1OC(C)C. The third kappa shape index (κ3) is 4.71. The molecule has 0 amide bonds. The fraction of sp³-hybridized carbons (Fsp3) is 0.353. The number of aromatic nitrogens is 1. The molecule has 5 heteroatoms. The number of hydrogen-bond acceptors (Lipinski definition) is 4. The van der Waals surface area contributed by atoms with Gasteiger partial charge in [0.15, 0.2) is 11.5 Å². The molecule has 1 heterocycles. The summed E-state index contributed by atoms with van der Waals surface area (Å²) in [5, 5.41) is 3.38. The van der Waals surface area contributed by atoms with E-state index in [1.807, 2.05) is 44.2 Å². The molecular weight excluding hydrogens is 344 g/mol. The molecule has 0 bridgehead atoms. The second kappa shape index (κ2) is 8.15. The molecule has 0 fully saturated rings. The summed E-state index contributed by atoms with van der Waals surface area (Å²) >= 11 is 3.60. The van der Waals surface area contributed by atoms with Crippen LogP contribution in [0.5, 0.6) is 11.5 Å². The van der Waals surface area contributed by atoms with Crippen molar-refractivity contribution >= 4 is 15.9 Å². The number of halogens is 1. The first-order chi connectivity index (χ1) is 10.6. The quantitative estimate of drug-likeness (QED) is 0.808. The highest BCUT2D eigenvalue weighted by Gasteiger charge is 2.11. The average molecular weight is 365 g/mol. The Balaban J connectivity index is 2.04. The molecule has 2 aromatic rings. The molecule has 0 saturated heterocycles. The first-order valence-electron chi connectivity index (χ1n) is 7.24. The lowest BCUT2D eigenvalue weighted by atomic mass is 10.2. The molecule has 1 aromatic carbocycles. The Morgan fingerprint density at radius 2 is 2.00 bits per heavy atom. The first kappa shape index (κ1) is 16.8. The van der Waals surface area contributed by atoms with Gasteiger partial charge in [0, 0.05) is 23.8 Å². The second-order valence-electron chi connectivity index (χ2n) is 5.19. The van der Waals surface area contributed by atoms with Crippen LogP contribution >= 0.6 is 15.9 Å². The summed E-state index contributed by atoms with van der Waals surface area (Å²) in [6.45, 7) is 5.43. The number of rotatable bonds is 7. The Morgan fingerprint density at radius 3 is 2.64 bits per heavy atom. The van der Waals surface area contributed by atoms with Gasteiger partial charge in [-0.25, -0.2) is 0 Å². The molecule has 0 aliphatic heterocycles. The van der Waals surface area contributed by atoms with Crippen LogP contribution in [-0.2, 0) is 13.1 Å². The third-order valence-corrected chi connectivity index (χ3v) is 3.78. The highest BCUT2D eigenvalue weighted by atomic mass is 79.9. The normalized spacial score (nSPS) is 10.8. The van der Waals surface area contributed by atoms with Crippen LogP contribution in [-0.4, -0.2) is 18.2 Å². The van der Waals surface area contributed by atoms with E-state index in [0.29, 0.717) is 0 Å². The summed E-state index contributed by atoms with van der Waals surface area (Å²) in [5.74, 6) is 1.49. The number of nitrogens with one attached hydrogen (secondary N) is 1. The van der Waals surface area contributed by atoms with E-state index in [0.717, 1.165) is 40.3 Å². The van der Waals surface area contributed by atoms with Crippen LogP contribution in [0.3, 0.4) is 0 Å². The standard InChI is InChI=1S/C17H21BrN2O2/c1-12(2)22-17-9-15(18)13(8-16(17)21-3)10-19-11-14-6-4-5-7-20-14/h4-9,12,19H,10-11H2,1-3H3. The Morgan fingerprint density at radius 1 is 1.18 bits per heavy atom. The zero-order chi connectivity index (χ0) is 15.9. The lowest BCUT2D eigenvalue weighted by Crippen LogP contribution is -2.14. The van der Waals surface area contributed by atoms with Crippen LogP contribution in [0.25, 0.3) is 0 Å². The minimum Gasteiger partial charge on any atom is -0.493 e. The summed E-state index contributed by atoms with van der Waals surface area (Å²) in [6, 6.07) is 9.85. The lowest BCUT2D eigenvalue weighted by molar-refractivity contribution is 0.230. The molecule has 4 nitrogen and oxygen atoms in total. The molecule has 1 N–H and O–H groups in total. The van der Waals surface area contributed by atoms with E-state index in [4.69, 9.17) is 9.47 Å². The van der Waals surface area contributed by atoms with E-state index in [1.54, 1.807) is 13.3 Å². The summed E-state index contributed by atoms with van der Waals surface area (Å²) in [4.78, 5) is 4.29. The molecular formula is C17H21BrN2O2. The monoisotopic (exact) mass is 364 g/mol. The van der Waals surface area contributed by atoms with E-state index in [9.17, 15) is 0 Å². The Bertz CT molecular complexity index is 603. The fourth-order valence-corrected chi connectivity index (χ4v) is 2.51. The van der Waals surface area contributed by atoms with E-state index in [-0.39, 0.29) is 6.10 Å². The largest absolute Gasteiger partial charge is 0.493 e. The van der Waals surface area contributed by atoms with Crippen molar-refractivity contribution in [3.8, 4) is 11.5 Å². The molecule has 118 valence electrons. The molecule has 2 rings (SSSR count). The van der Waals surface area contributed by atoms with Crippen LogP contribution in [0.2, 0.25) is 0 Å². The van der Waals surface area contributed by atoms with Crippen molar-refractivity contribution in [2.75, 3.05) is 7.11 Å². The van der Waals surface area contributed by atoms with E-state index in [1.165, 1.54) is 0 Å². The van der Waals surface area contributed by atoms with Crippen molar-refractivity contribution in [1.82, 2.24) is 10.3 Å². The van der Waals surface area contributed by atoms with Crippen LogP contribution in [0, 0.1) is 0 Å². The van der Waals surface area contributed by atoms with Gasteiger partial charge in [0.25, 0.3) is 0 Å². The molecule has 0 aliphatic rings. The fourth-order valence-electron chi connectivity index (χ4n) is 2.05. The van der Waals surface area contributed by atoms with Crippen LogP contribution in [0.15, 0.2) is 41.0 Å². The van der Waals surface area contributed by atoms with Crippen LogP contribution in [0.4, 0.5) is 0 Å². The van der Waals surface area contributed by atoms with Crippen LogP contribution in [0.1, 0.15) is 25.1 Å². The van der Waals surface area contributed by atoms with Gasteiger partial charge >= 0.3 is 0 Å². The molecule has 0 radical (unpaired) electrons. The van der Waals surface area contributed by atoms with Gasteiger partial charge in [-0.3, -0.25) is 4.98 Å². The zero-order valence-electron chi connectivity index (χ0n) is 13.1. The van der Waals surface area contributed by atoms with Crippen molar-refractivity contribution in [3.05, 3.63) is 52.3 Å². The van der Waals surface area contributed by atoms with Crippen molar-refractivity contribution in [2.24, 2.45) is 0 Å². The van der Waals surface area contributed by atoms with Crippen molar-refractivity contribution < 1.29 is 9.47 Å². The van der Waals surface area contributed by atoms with Gasteiger partial charge in [0.2, 0.25) is 0 Å². The Labute approximate surface area is 140 Å². The van der Waals surface area contributed by atoms with Gasteiger partial charge < -0.3 is 14.8 Å². The maximum absolute atomic E-state index is 5.76. The molecule has 22 heavy (non-hydrogen) atoms. The molecule has 0 saturated carbocycles. The zero-order valence-corrected chi connectivity index (χ0v) is 14.7. The minimum atomic E-state index is 0.105. The smallest absolute Gasteiger partial charge is 0.162 e. The maximum atomic E-state index is 5.76. The summed E-state index contributed by atoms with van der Waals surface area (Å²) in [6.07, 6.45) is 1.91. The molecule has 0 unspecified atom stereocenters. The van der Waals surface area contributed by atoms with Gasteiger partial charge in [0.1, 0.15) is 0 Å². The number of nitrogens with zero attached hydrogens (tertiary/aromatic N) is 1. The summed E-state index contributed by atoms with van der Waals surface area (Å²) in [7, 11) is 1.65. The third-order valence-electron chi connectivity index (χ3n) is 3.04. The number of methoxy groups -OCH3 is 1. The van der Waals surface area contributed by atoms with Crippen molar-refractivity contribution in [3.63, 3.8) is 0 Å². The number of ether oxygens (including phenoxy) is 2. The molecule has 0 atom stereocenters. The minimum absolute atomic E-state index is 0.105. The van der Waals surface area contributed by atoms with Gasteiger partial charge in [0.05, 0.1) is 18.9 Å². The average Bonchev–Trinajstić information content (AvgIpc) is 2.50. The van der Waals surface area contributed by atoms with Gasteiger partial charge in [-0.05, 0) is 43.7 Å². The van der Waals surface area contributed by atoms with Gasteiger partial charge in [-0.15, -0.1) is 0 Å². The Kier molecular flexibility index (Phi) is 6.21. The second-order valence-corrected chi connectivity index (χ2v) is 6.04. The van der Waals surface area contributed by atoms with E-state index in [2.05, 4.69) is 26.2 Å². The predicted molar refractivity (Wildman–Crippen MR) is 91.2 cm³/mol. The van der Waals surface area contributed by atoms with Crippen molar-refractivity contribution in [2.45, 2.75) is 33.0 Å². The van der Waals surface area contributed by atoms with Crippen molar-refractivity contribution in [1.29, 1.82) is 0 Å². The number of benzene rings is 1. The molecule has 1 aromatic heterocycles. The molecule has 0 spiro atoms. The van der Waals surface area contributed by atoms with Gasteiger partial charge in [-0.2, -0.15) is 0 Å².